The lowest BCUT2D eigenvalue weighted by atomic mass is 10.4. The van der Waals surface area contributed by atoms with Crippen molar-refractivity contribution in [2.75, 3.05) is 5.73 Å². The molecule has 0 spiro atoms. The van der Waals surface area contributed by atoms with E-state index in [1.54, 1.807) is 29.3 Å². The van der Waals surface area contributed by atoms with Gasteiger partial charge in [0, 0.05) is 12.4 Å². The summed E-state index contributed by atoms with van der Waals surface area (Å²) in [5, 5.41) is 4.63. The van der Waals surface area contributed by atoms with E-state index >= 15 is 0 Å². The van der Waals surface area contributed by atoms with Gasteiger partial charge in [0.15, 0.2) is 0 Å². The SMILES string of the molecule is Nc1nccc(Cn2cc(Cl)cn2)n1. The molecule has 0 unspecified atom stereocenters. The third-order valence-corrected chi connectivity index (χ3v) is 1.85. The van der Waals surface area contributed by atoms with Crippen LogP contribution >= 0.6 is 11.6 Å². The fourth-order valence-corrected chi connectivity index (χ4v) is 1.25. The molecule has 2 heterocycles. The zero-order valence-electron chi connectivity index (χ0n) is 7.26. The van der Waals surface area contributed by atoms with Gasteiger partial charge in [0.25, 0.3) is 0 Å². The maximum atomic E-state index is 5.72. The predicted octanol–water partition coefficient (Wildman–Crippen LogP) is 0.957. The van der Waals surface area contributed by atoms with Crippen LogP contribution in [0.1, 0.15) is 5.69 Å². The normalized spacial score (nSPS) is 10.4. The second kappa shape index (κ2) is 3.63. The Bertz CT molecular complexity index is 439. The molecule has 0 amide bonds. The summed E-state index contributed by atoms with van der Waals surface area (Å²) in [6.07, 6.45) is 4.91. The molecule has 72 valence electrons. The number of rotatable bonds is 2. The van der Waals surface area contributed by atoms with Crippen molar-refractivity contribution >= 4 is 17.5 Å². The minimum atomic E-state index is 0.265. The molecule has 0 saturated heterocycles. The van der Waals surface area contributed by atoms with Crippen molar-refractivity contribution in [3.8, 4) is 0 Å². The first-order valence-electron chi connectivity index (χ1n) is 3.99. The monoisotopic (exact) mass is 209 g/mol. The Labute approximate surface area is 85.5 Å². The van der Waals surface area contributed by atoms with Gasteiger partial charge in [-0.15, -0.1) is 0 Å². The quantitative estimate of drug-likeness (QED) is 0.800. The molecule has 0 atom stereocenters. The first kappa shape index (κ1) is 8.96. The molecular formula is C8H8ClN5. The van der Waals surface area contributed by atoms with E-state index < -0.39 is 0 Å². The Hall–Kier alpha value is -1.62. The van der Waals surface area contributed by atoms with E-state index in [2.05, 4.69) is 15.1 Å². The lowest BCUT2D eigenvalue weighted by molar-refractivity contribution is 0.672. The largest absolute Gasteiger partial charge is 0.368 e. The lowest BCUT2D eigenvalue weighted by Crippen LogP contribution is -2.04. The van der Waals surface area contributed by atoms with Gasteiger partial charge in [-0.05, 0) is 6.07 Å². The Morgan fingerprint density at radius 1 is 1.50 bits per heavy atom. The van der Waals surface area contributed by atoms with Crippen molar-refractivity contribution < 1.29 is 0 Å². The number of anilines is 1. The van der Waals surface area contributed by atoms with Crippen molar-refractivity contribution in [2.45, 2.75) is 6.54 Å². The summed E-state index contributed by atoms with van der Waals surface area (Å²) in [4.78, 5) is 7.84. The fraction of sp³-hybridized carbons (Fsp3) is 0.125. The molecule has 2 aromatic heterocycles. The third kappa shape index (κ3) is 2.00. The van der Waals surface area contributed by atoms with Crippen LogP contribution in [0.5, 0.6) is 0 Å². The Morgan fingerprint density at radius 2 is 2.36 bits per heavy atom. The summed E-state index contributed by atoms with van der Waals surface area (Å²) < 4.78 is 1.68. The molecule has 0 saturated carbocycles. The van der Waals surface area contributed by atoms with Crippen molar-refractivity contribution in [1.82, 2.24) is 19.7 Å². The van der Waals surface area contributed by atoms with Crippen LogP contribution in [-0.2, 0) is 6.54 Å². The molecule has 0 aromatic carbocycles. The van der Waals surface area contributed by atoms with E-state index in [0.717, 1.165) is 5.69 Å². The van der Waals surface area contributed by atoms with E-state index in [-0.39, 0.29) is 5.95 Å². The smallest absolute Gasteiger partial charge is 0.220 e. The molecule has 0 fully saturated rings. The van der Waals surface area contributed by atoms with Gasteiger partial charge in [-0.3, -0.25) is 4.68 Å². The summed E-state index contributed by atoms with van der Waals surface area (Å²) >= 11 is 5.72. The van der Waals surface area contributed by atoms with Crippen LogP contribution in [0.25, 0.3) is 0 Å². The van der Waals surface area contributed by atoms with E-state index in [9.17, 15) is 0 Å². The second-order valence-electron chi connectivity index (χ2n) is 2.76. The number of nitrogens with zero attached hydrogens (tertiary/aromatic N) is 4. The average Bonchev–Trinajstić information content (AvgIpc) is 2.51. The van der Waals surface area contributed by atoms with Gasteiger partial charge >= 0.3 is 0 Å². The maximum Gasteiger partial charge on any atom is 0.220 e. The lowest BCUT2D eigenvalue weighted by Gasteiger charge is -2.00. The summed E-state index contributed by atoms with van der Waals surface area (Å²) in [7, 11) is 0. The summed E-state index contributed by atoms with van der Waals surface area (Å²) in [6.45, 7) is 0.541. The predicted molar refractivity (Wildman–Crippen MR) is 52.8 cm³/mol. The van der Waals surface area contributed by atoms with Crippen LogP contribution in [-0.4, -0.2) is 19.7 Å². The first-order valence-corrected chi connectivity index (χ1v) is 4.37. The number of aromatic nitrogens is 4. The molecule has 0 aliphatic heterocycles. The molecule has 0 radical (unpaired) electrons. The highest BCUT2D eigenvalue weighted by Crippen LogP contribution is 2.06. The molecule has 0 aliphatic carbocycles. The van der Waals surface area contributed by atoms with Gasteiger partial charge in [0.2, 0.25) is 5.95 Å². The number of nitrogen functional groups attached to an aromatic ring is 1. The number of hydrogen-bond donors (Lipinski definition) is 1. The molecule has 2 rings (SSSR count). The van der Waals surface area contributed by atoms with E-state index in [0.29, 0.717) is 11.6 Å². The highest BCUT2D eigenvalue weighted by Gasteiger charge is 1.99. The molecule has 6 heteroatoms. The van der Waals surface area contributed by atoms with Crippen LogP contribution in [0.3, 0.4) is 0 Å². The summed E-state index contributed by atoms with van der Waals surface area (Å²) in [6, 6.07) is 1.78. The molecule has 14 heavy (non-hydrogen) atoms. The zero-order valence-corrected chi connectivity index (χ0v) is 8.02. The van der Waals surface area contributed by atoms with Gasteiger partial charge in [-0.1, -0.05) is 11.6 Å². The molecule has 2 N–H and O–H groups in total. The summed E-state index contributed by atoms with van der Waals surface area (Å²) in [5.74, 6) is 0.265. The van der Waals surface area contributed by atoms with Gasteiger partial charge in [-0.25, -0.2) is 9.97 Å². The molecule has 2 aromatic rings. The minimum Gasteiger partial charge on any atom is -0.368 e. The third-order valence-electron chi connectivity index (χ3n) is 1.66. The topological polar surface area (TPSA) is 69.6 Å². The zero-order chi connectivity index (χ0) is 9.97. The van der Waals surface area contributed by atoms with Crippen molar-refractivity contribution in [3.63, 3.8) is 0 Å². The molecule has 0 bridgehead atoms. The summed E-state index contributed by atoms with van der Waals surface area (Å²) in [5.41, 5.74) is 6.24. The Morgan fingerprint density at radius 3 is 3.00 bits per heavy atom. The second-order valence-corrected chi connectivity index (χ2v) is 3.20. The van der Waals surface area contributed by atoms with Crippen LogP contribution in [0, 0.1) is 0 Å². The minimum absolute atomic E-state index is 0.265. The van der Waals surface area contributed by atoms with E-state index in [1.807, 2.05) is 0 Å². The van der Waals surface area contributed by atoms with Crippen molar-refractivity contribution in [2.24, 2.45) is 0 Å². The number of nitrogens with two attached hydrogens (primary N) is 1. The van der Waals surface area contributed by atoms with Crippen molar-refractivity contribution in [3.05, 3.63) is 35.4 Å². The first-order chi connectivity index (χ1) is 6.74. The maximum absolute atomic E-state index is 5.72. The molecular weight excluding hydrogens is 202 g/mol. The van der Waals surface area contributed by atoms with Crippen molar-refractivity contribution in [1.29, 1.82) is 0 Å². The van der Waals surface area contributed by atoms with E-state index in [4.69, 9.17) is 17.3 Å². The fourth-order valence-electron chi connectivity index (χ4n) is 1.09. The molecule has 5 nitrogen and oxygen atoms in total. The van der Waals surface area contributed by atoms with Gasteiger partial charge < -0.3 is 5.73 Å². The standard InChI is InChI=1S/C8H8ClN5/c9-6-3-12-14(4-6)5-7-1-2-11-8(10)13-7/h1-4H,5H2,(H2,10,11,13). The van der Waals surface area contributed by atoms with Crippen LogP contribution < -0.4 is 5.73 Å². The van der Waals surface area contributed by atoms with Crippen LogP contribution in [0.2, 0.25) is 5.02 Å². The van der Waals surface area contributed by atoms with Gasteiger partial charge in [0.1, 0.15) is 0 Å². The van der Waals surface area contributed by atoms with Crippen LogP contribution in [0.15, 0.2) is 24.7 Å². The Kier molecular flexibility index (Phi) is 2.32. The highest BCUT2D eigenvalue weighted by molar-refractivity contribution is 6.30. The van der Waals surface area contributed by atoms with E-state index in [1.165, 1.54) is 0 Å². The highest BCUT2D eigenvalue weighted by atomic mass is 35.5. The molecule has 0 aliphatic rings. The number of hydrogen-bond acceptors (Lipinski definition) is 4. The van der Waals surface area contributed by atoms with Gasteiger partial charge in [-0.2, -0.15) is 5.10 Å². The van der Waals surface area contributed by atoms with Crippen LogP contribution in [0.4, 0.5) is 5.95 Å². The average molecular weight is 210 g/mol. The van der Waals surface area contributed by atoms with Gasteiger partial charge in [0.05, 0.1) is 23.5 Å². The Balaban J connectivity index is 2.18. The number of halogens is 1.